The number of nitrogens with one attached hydrogen (secondary N) is 1. The zero-order chi connectivity index (χ0) is 18.2. The lowest BCUT2D eigenvalue weighted by atomic mass is 10.3. The fourth-order valence-electron chi connectivity index (χ4n) is 2.13. The first-order valence-corrected chi connectivity index (χ1v) is 7.95. The highest BCUT2D eigenvalue weighted by Crippen LogP contribution is 2.18. The molecule has 2 rings (SSSR count). The Balaban J connectivity index is 1.90. The van der Waals surface area contributed by atoms with Crippen LogP contribution in [0.25, 0.3) is 0 Å². The molecule has 0 aliphatic rings. The Bertz CT molecular complexity index is 717. The summed E-state index contributed by atoms with van der Waals surface area (Å²) in [5.41, 5.74) is 1.60. The Morgan fingerprint density at radius 2 is 1.72 bits per heavy atom. The molecule has 25 heavy (non-hydrogen) atoms. The largest absolute Gasteiger partial charge is 0.484 e. The number of anilines is 2. The van der Waals surface area contributed by atoms with Gasteiger partial charge in [0.2, 0.25) is 5.91 Å². The second-order valence-electron chi connectivity index (χ2n) is 5.84. The topological polar surface area (TPSA) is 61.9 Å². The number of carbonyl (C=O) groups excluding carboxylic acids is 2. The molecule has 0 radical (unpaired) electrons. The van der Waals surface area contributed by atoms with Crippen LogP contribution in [0.1, 0.15) is 0 Å². The average Bonchev–Trinajstić information content (AvgIpc) is 2.60. The van der Waals surface area contributed by atoms with Crippen molar-refractivity contribution in [3.8, 4) is 5.75 Å². The first-order chi connectivity index (χ1) is 12.0. The molecule has 0 aliphatic heterocycles. The summed E-state index contributed by atoms with van der Waals surface area (Å²) in [4.78, 5) is 27.1. The van der Waals surface area contributed by atoms with E-state index in [0.29, 0.717) is 11.4 Å². The lowest BCUT2D eigenvalue weighted by Gasteiger charge is -2.18. The predicted molar refractivity (Wildman–Crippen MR) is 99.0 cm³/mol. The summed E-state index contributed by atoms with van der Waals surface area (Å²) in [5, 5.41) is 2.84. The van der Waals surface area contributed by atoms with Crippen molar-refractivity contribution in [3.63, 3.8) is 0 Å². The van der Waals surface area contributed by atoms with Gasteiger partial charge in [0.15, 0.2) is 6.61 Å². The normalized spacial score (nSPS) is 10.0. The Labute approximate surface area is 148 Å². The second kappa shape index (κ2) is 8.73. The molecule has 0 unspecified atom stereocenters. The summed E-state index contributed by atoms with van der Waals surface area (Å²) in [5.74, 6) is 0.274. The average molecular weight is 341 g/mol. The van der Waals surface area contributed by atoms with E-state index in [1.807, 2.05) is 42.3 Å². The fourth-order valence-corrected chi connectivity index (χ4v) is 2.13. The molecule has 0 heterocycles. The molecule has 6 heteroatoms. The maximum Gasteiger partial charge on any atom is 0.259 e. The Kier molecular flexibility index (Phi) is 6.39. The van der Waals surface area contributed by atoms with Crippen molar-refractivity contribution in [2.75, 3.05) is 44.5 Å². The molecule has 132 valence electrons. The number of carbonyl (C=O) groups is 2. The number of benzene rings is 2. The SMILES string of the molecule is CN(C)C(=O)COc1cccc(NC(=O)CN(C)c2ccccc2)c1. The van der Waals surface area contributed by atoms with Crippen molar-refractivity contribution in [3.05, 3.63) is 54.6 Å². The molecule has 2 amide bonds. The summed E-state index contributed by atoms with van der Waals surface area (Å²) in [6.07, 6.45) is 0. The minimum atomic E-state index is -0.132. The molecular formula is C19H23N3O3. The van der Waals surface area contributed by atoms with E-state index >= 15 is 0 Å². The fraction of sp³-hybridized carbons (Fsp3) is 0.263. The van der Waals surface area contributed by atoms with E-state index in [-0.39, 0.29) is 25.0 Å². The van der Waals surface area contributed by atoms with E-state index in [1.54, 1.807) is 38.4 Å². The van der Waals surface area contributed by atoms with Crippen LogP contribution in [0.4, 0.5) is 11.4 Å². The van der Waals surface area contributed by atoms with E-state index in [1.165, 1.54) is 4.90 Å². The highest BCUT2D eigenvalue weighted by atomic mass is 16.5. The summed E-state index contributed by atoms with van der Waals surface area (Å²) < 4.78 is 5.45. The van der Waals surface area contributed by atoms with Crippen molar-refractivity contribution in [1.82, 2.24) is 4.90 Å². The smallest absolute Gasteiger partial charge is 0.259 e. The van der Waals surface area contributed by atoms with Gasteiger partial charge in [-0.2, -0.15) is 0 Å². The zero-order valence-corrected chi connectivity index (χ0v) is 14.7. The van der Waals surface area contributed by atoms with Gasteiger partial charge in [-0.25, -0.2) is 0 Å². The molecule has 1 N–H and O–H groups in total. The van der Waals surface area contributed by atoms with Gasteiger partial charge in [0.25, 0.3) is 5.91 Å². The summed E-state index contributed by atoms with van der Waals surface area (Å²) >= 11 is 0. The van der Waals surface area contributed by atoms with Crippen LogP contribution in [0.5, 0.6) is 5.75 Å². The van der Waals surface area contributed by atoms with Crippen LogP contribution >= 0.6 is 0 Å². The molecule has 6 nitrogen and oxygen atoms in total. The highest BCUT2D eigenvalue weighted by Gasteiger charge is 2.09. The molecule has 0 spiro atoms. The van der Waals surface area contributed by atoms with Crippen molar-refractivity contribution >= 4 is 23.2 Å². The minimum Gasteiger partial charge on any atom is -0.484 e. The molecule has 0 aromatic heterocycles. The molecule has 0 aliphatic carbocycles. The van der Waals surface area contributed by atoms with Crippen molar-refractivity contribution < 1.29 is 14.3 Å². The van der Waals surface area contributed by atoms with Gasteiger partial charge in [0, 0.05) is 38.6 Å². The molecule has 0 saturated heterocycles. The van der Waals surface area contributed by atoms with Crippen LogP contribution < -0.4 is 15.0 Å². The van der Waals surface area contributed by atoms with Gasteiger partial charge >= 0.3 is 0 Å². The molecule has 0 atom stereocenters. The van der Waals surface area contributed by atoms with Gasteiger partial charge in [-0.1, -0.05) is 24.3 Å². The van der Waals surface area contributed by atoms with E-state index in [2.05, 4.69) is 5.32 Å². The van der Waals surface area contributed by atoms with E-state index < -0.39 is 0 Å². The number of hydrogen-bond donors (Lipinski definition) is 1. The minimum absolute atomic E-state index is 0.0405. The van der Waals surface area contributed by atoms with Crippen molar-refractivity contribution in [1.29, 1.82) is 0 Å². The lowest BCUT2D eigenvalue weighted by Crippen LogP contribution is -2.30. The number of ether oxygens (including phenoxy) is 1. The van der Waals surface area contributed by atoms with Crippen LogP contribution in [0.3, 0.4) is 0 Å². The molecule has 0 saturated carbocycles. The second-order valence-corrected chi connectivity index (χ2v) is 5.84. The van der Waals surface area contributed by atoms with Gasteiger partial charge in [-0.05, 0) is 24.3 Å². The number of nitrogens with zero attached hydrogens (tertiary/aromatic N) is 2. The number of rotatable bonds is 7. The quantitative estimate of drug-likeness (QED) is 0.839. The first-order valence-electron chi connectivity index (χ1n) is 7.95. The zero-order valence-electron chi connectivity index (χ0n) is 14.7. The molecule has 0 bridgehead atoms. The number of hydrogen-bond acceptors (Lipinski definition) is 4. The van der Waals surface area contributed by atoms with Gasteiger partial charge in [-0.15, -0.1) is 0 Å². The summed E-state index contributed by atoms with van der Waals surface area (Å²) in [7, 11) is 5.21. The monoisotopic (exact) mass is 341 g/mol. The van der Waals surface area contributed by atoms with Crippen LogP contribution in [0.2, 0.25) is 0 Å². The van der Waals surface area contributed by atoms with Crippen LogP contribution in [-0.2, 0) is 9.59 Å². The van der Waals surface area contributed by atoms with Gasteiger partial charge < -0.3 is 19.9 Å². The highest BCUT2D eigenvalue weighted by molar-refractivity contribution is 5.94. The molecular weight excluding hydrogens is 318 g/mol. The standard InChI is InChI=1S/C19H23N3O3/c1-21(2)19(24)14-25-17-11-7-8-15(12-17)20-18(23)13-22(3)16-9-5-4-6-10-16/h4-12H,13-14H2,1-3H3,(H,20,23). The van der Waals surface area contributed by atoms with E-state index in [4.69, 9.17) is 4.74 Å². The van der Waals surface area contributed by atoms with Gasteiger partial charge in [-0.3, -0.25) is 9.59 Å². The molecule has 0 fully saturated rings. The molecule has 2 aromatic carbocycles. The predicted octanol–water partition coefficient (Wildman–Crippen LogP) is 2.23. The third-order valence-corrected chi connectivity index (χ3v) is 3.56. The Morgan fingerprint density at radius 3 is 2.40 bits per heavy atom. The summed E-state index contributed by atoms with van der Waals surface area (Å²) in [6.45, 7) is 0.190. The van der Waals surface area contributed by atoms with Crippen LogP contribution in [-0.4, -0.2) is 51.0 Å². The Morgan fingerprint density at radius 1 is 1.00 bits per heavy atom. The van der Waals surface area contributed by atoms with Crippen LogP contribution in [0.15, 0.2) is 54.6 Å². The lowest BCUT2D eigenvalue weighted by molar-refractivity contribution is -0.130. The van der Waals surface area contributed by atoms with Crippen molar-refractivity contribution in [2.45, 2.75) is 0 Å². The maximum atomic E-state index is 12.2. The van der Waals surface area contributed by atoms with Crippen LogP contribution in [0, 0.1) is 0 Å². The van der Waals surface area contributed by atoms with Crippen molar-refractivity contribution in [2.24, 2.45) is 0 Å². The number of likely N-dealkylation sites (N-methyl/N-ethyl adjacent to an activating group) is 2. The maximum absolute atomic E-state index is 12.2. The molecule has 2 aromatic rings. The first kappa shape index (κ1) is 18.3. The van der Waals surface area contributed by atoms with Gasteiger partial charge in [0.05, 0.1) is 6.54 Å². The summed E-state index contributed by atoms with van der Waals surface area (Å²) in [6, 6.07) is 16.7. The van der Waals surface area contributed by atoms with Gasteiger partial charge in [0.1, 0.15) is 5.75 Å². The third kappa shape index (κ3) is 5.84. The number of amides is 2. The number of para-hydroxylation sites is 1. The Hall–Kier alpha value is -3.02. The third-order valence-electron chi connectivity index (χ3n) is 3.56. The van der Waals surface area contributed by atoms with E-state index in [0.717, 1.165) is 5.69 Å². The van der Waals surface area contributed by atoms with E-state index in [9.17, 15) is 9.59 Å².